The molecule has 0 aromatic carbocycles. The summed E-state index contributed by atoms with van der Waals surface area (Å²) >= 11 is 1.60. The van der Waals surface area contributed by atoms with E-state index in [2.05, 4.69) is 5.32 Å². The lowest BCUT2D eigenvalue weighted by Gasteiger charge is -2.17. The number of nitrogens with two attached hydrogens (primary N) is 1. The van der Waals surface area contributed by atoms with Gasteiger partial charge in [-0.1, -0.05) is 0 Å². The molecule has 0 saturated carbocycles. The maximum absolute atomic E-state index is 11.5. The lowest BCUT2D eigenvalue weighted by Crippen LogP contribution is -2.47. The van der Waals surface area contributed by atoms with Gasteiger partial charge < -0.3 is 20.9 Å². The monoisotopic (exact) mass is 278 g/mol. The van der Waals surface area contributed by atoms with Crippen molar-refractivity contribution in [3.63, 3.8) is 0 Å². The van der Waals surface area contributed by atoms with Crippen LogP contribution in [0.5, 0.6) is 0 Å². The van der Waals surface area contributed by atoms with Gasteiger partial charge in [0.25, 0.3) is 0 Å². The predicted octanol–water partition coefficient (Wildman–Crippen LogP) is -0.503. The summed E-state index contributed by atoms with van der Waals surface area (Å²) in [7, 11) is 0. The average Bonchev–Trinajstić information content (AvgIpc) is 2.35. The number of aliphatic hydroxyl groups is 1. The molecule has 1 amide bonds. The normalized spacial score (nSPS) is 13.8. The topological polar surface area (TPSA) is 102 Å². The third-order valence-corrected chi connectivity index (χ3v) is 2.91. The molecule has 0 radical (unpaired) electrons. The van der Waals surface area contributed by atoms with Gasteiger partial charge in [0.2, 0.25) is 5.91 Å². The van der Waals surface area contributed by atoms with Crippen molar-refractivity contribution in [2.45, 2.75) is 31.9 Å². The fourth-order valence-electron chi connectivity index (χ4n) is 1.23. The van der Waals surface area contributed by atoms with E-state index in [-0.39, 0.29) is 18.9 Å². The number of nitrogens with one attached hydrogen (secondary N) is 1. The summed E-state index contributed by atoms with van der Waals surface area (Å²) in [5, 5.41) is 12.1. The van der Waals surface area contributed by atoms with Gasteiger partial charge in [-0.15, -0.1) is 0 Å². The van der Waals surface area contributed by atoms with Crippen molar-refractivity contribution in [3.8, 4) is 0 Å². The van der Waals surface area contributed by atoms with Crippen molar-refractivity contribution >= 4 is 23.6 Å². The lowest BCUT2D eigenvalue weighted by atomic mass is 10.1. The molecule has 0 aliphatic carbocycles. The van der Waals surface area contributed by atoms with Crippen LogP contribution >= 0.6 is 11.8 Å². The Morgan fingerprint density at radius 3 is 2.72 bits per heavy atom. The summed E-state index contributed by atoms with van der Waals surface area (Å²) in [5.41, 5.74) is 5.67. The Bertz CT molecular complexity index is 263. The van der Waals surface area contributed by atoms with E-state index in [9.17, 15) is 14.7 Å². The van der Waals surface area contributed by atoms with Crippen LogP contribution in [0, 0.1) is 0 Å². The van der Waals surface area contributed by atoms with E-state index >= 15 is 0 Å². The molecule has 0 aromatic rings. The number of esters is 1. The molecule has 0 spiro atoms. The molecule has 0 aromatic heterocycles. The Morgan fingerprint density at radius 1 is 1.50 bits per heavy atom. The Kier molecular flexibility index (Phi) is 9.72. The number of carbonyl (C=O) groups excluding carboxylic acids is 2. The zero-order chi connectivity index (χ0) is 14.0. The zero-order valence-electron chi connectivity index (χ0n) is 10.8. The first-order chi connectivity index (χ1) is 8.52. The van der Waals surface area contributed by atoms with Gasteiger partial charge in [0.15, 0.2) is 0 Å². The second-order valence-electron chi connectivity index (χ2n) is 3.74. The fourth-order valence-corrected chi connectivity index (χ4v) is 1.74. The van der Waals surface area contributed by atoms with Crippen LogP contribution in [-0.2, 0) is 14.3 Å². The summed E-state index contributed by atoms with van der Waals surface area (Å²) in [5.74, 6) is -0.138. The Labute approximate surface area is 112 Å². The van der Waals surface area contributed by atoms with Gasteiger partial charge in [-0.25, -0.2) is 0 Å². The Hall–Kier alpha value is -0.790. The lowest BCUT2D eigenvalue weighted by molar-refractivity contribution is -0.143. The van der Waals surface area contributed by atoms with Crippen LogP contribution in [0.15, 0.2) is 0 Å². The van der Waals surface area contributed by atoms with E-state index in [0.717, 1.165) is 5.75 Å². The first-order valence-corrected chi connectivity index (χ1v) is 7.28. The van der Waals surface area contributed by atoms with Gasteiger partial charge in [-0.2, -0.15) is 11.8 Å². The second kappa shape index (κ2) is 10.2. The molecular weight excluding hydrogens is 256 g/mol. The minimum absolute atomic E-state index is 0.0896. The third-order valence-electron chi connectivity index (χ3n) is 2.26. The molecule has 2 unspecified atom stereocenters. The van der Waals surface area contributed by atoms with Crippen molar-refractivity contribution in [2.75, 3.05) is 25.2 Å². The van der Waals surface area contributed by atoms with Crippen molar-refractivity contribution in [3.05, 3.63) is 0 Å². The molecule has 0 heterocycles. The van der Waals surface area contributed by atoms with Gasteiger partial charge in [-0.05, 0) is 25.4 Å². The molecule has 4 N–H and O–H groups in total. The van der Waals surface area contributed by atoms with Gasteiger partial charge in [0, 0.05) is 12.6 Å². The molecule has 0 rings (SSSR count). The van der Waals surface area contributed by atoms with E-state index in [4.69, 9.17) is 10.5 Å². The molecule has 0 saturated heterocycles. The zero-order valence-corrected chi connectivity index (χ0v) is 11.7. The highest BCUT2D eigenvalue weighted by Crippen LogP contribution is 2.02. The SMILES string of the molecule is CCOC(=O)CCNC(=O)C(O)C(N)CCSC. The highest BCUT2D eigenvalue weighted by Gasteiger charge is 2.22. The third kappa shape index (κ3) is 7.52. The summed E-state index contributed by atoms with van der Waals surface area (Å²) in [6, 6.07) is -0.583. The quantitative estimate of drug-likeness (QED) is 0.491. The number of hydrogen-bond donors (Lipinski definition) is 3. The molecule has 6 nitrogen and oxygen atoms in total. The van der Waals surface area contributed by atoms with Crippen molar-refractivity contribution in [2.24, 2.45) is 5.73 Å². The van der Waals surface area contributed by atoms with Crippen molar-refractivity contribution < 1.29 is 19.4 Å². The van der Waals surface area contributed by atoms with E-state index in [1.165, 1.54) is 0 Å². The Balaban J connectivity index is 3.83. The van der Waals surface area contributed by atoms with E-state index < -0.39 is 18.1 Å². The molecule has 2 atom stereocenters. The van der Waals surface area contributed by atoms with Crippen LogP contribution in [-0.4, -0.2) is 54.3 Å². The van der Waals surface area contributed by atoms with E-state index in [0.29, 0.717) is 13.0 Å². The number of thioether (sulfide) groups is 1. The highest BCUT2D eigenvalue weighted by atomic mass is 32.2. The molecule has 0 aliphatic rings. The highest BCUT2D eigenvalue weighted by molar-refractivity contribution is 7.98. The van der Waals surface area contributed by atoms with Crippen molar-refractivity contribution in [1.29, 1.82) is 0 Å². The second-order valence-corrected chi connectivity index (χ2v) is 4.72. The molecule has 106 valence electrons. The summed E-state index contributed by atoms with van der Waals surface area (Å²) in [6.07, 6.45) is 1.35. The van der Waals surface area contributed by atoms with Gasteiger partial charge >= 0.3 is 5.97 Å². The minimum Gasteiger partial charge on any atom is -0.466 e. The maximum Gasteiger partial charge on any atom is 0.307 e. The number of aliphatic hydroxyl groups excluding tert-OH is 1. The largest absolute Gasteiger partial charge is 0.466 e. The van der Waals surface area contributed by atoms with Crippen LogP contribution in [0.25, 0.3) is 0 Å². The smallest absolute Gasteiger partial charge is 0.307 e. The molecule has 0 bridgehead atoms. The fraction of sp³-hybridized carbons (Fsp3) is 0.818. The van der Waals surface area contributed by atoms with E-state index in [1.807, 2.05) is 6.26 Å². The first-order valence-electron chi connectivity index (χ1n) is 5.88. The molecular formula is C11H22N2O4S. The standard InChI is InChI=1S/C11H22N2O4S/c1-3-17-9(14)4-6-13-11(16)10(15)8(12)5-7-18-2/h8,10,15H,3-7,12H2,1-2H3,(H,13,16). The molecule has 18 heavy (non-hydrogen) atoms. The van der Waals surface area contributed by atoms with Gasteiger partial charge in [-0.3, -0.25) is 9.59 Å². The van der Waals surface area contributed by atoms with Gasteiger partial charge in [0.1, 0.15) is 6.10 Å². The first kappa shape index (κ1) is 17.2. The van der Waals surface area contributed by atoms with E-state index in [1.54, 1.807) is 18.7 Å². The van der Waals surface area contributed by atoms with Gasteiger partial charge in [0.05, 0.1) is 13.0 Å². The maximum atomic E-state index is 11.5. The number of hydrogen-bond acceptors (Lipinski definition) is 6. The number of amides is 1. The number of carbonyl (C=O) groups is 2. The van der Waals surface area contributed by atoms with Crippen LogP contribution in [0.2, 0.25) is 0 Å². The van der Waals surface area contributed by atoms with Crippen LogP contribution in [0.1, 0.15) is 19.8 Å². The molecule has 0 fully saturated rings. The van der Waals surface area contributed by atoms with Crippen molar-refractivity contribution in [1.82, 2.24) is 5.32 Å². The Morgan fingerprint density at radius 2 is 2.17 bits per heavy atom. The summed E-state index contributed by atoms with van der Waals surface area (Å²) < 4.78 is 4.70. The number of ether oxygens (including phenoxy) is 1. The van der Waals surface area contributed by atoms with Crippen LogP contribution in [0.3, 0.4) is 0 Å². The predicted molar refractivity (Wildman–Crippen MR) is 71.2 cm³/mol. The average molecular weight is 278 g/mol. The molecule has 0 aliphatic heterocycles. The minimum atomic E-state index is -1.24. The summed E-state index contributed by atoms with van der Waals surface area (Å²) in [6.45, 7) is 2.17. The van der Waals surface area contributed by atoms with Crippen LogP contribution in [0.4, 0.5) is 0 Å². The number of rotatable bonds is 9. The van der Waals surface area contributed by atoms with Crippen LogP contribution < -0.4 is 11.1 Å². The summed E-state index contributed by atoms with van der Waals surface area (Å²) in [4.78, 5) is 22.5. The molecule has 7 heteroatoms.